The van der Waals surface area contributed by atoms with Crippen LogP contribution in [0.1, 0.15) is 34.7 Å². The Morgan fingerprint density at radius 3 is 2.29 bits per heavy atom. The molecule has 3 aromatic carbocycles. The van der Waals surface area contributed by atoms with E-state index in [0.717, 1.165) is 31.6 Å². The van der Waals surface area contributed by atoms with Crippen molar-refractivity contribution < 1.29 is 9.47 Å². The number of ether oxygens (including phenoxy) is 2. The normalized spacial score (nSPS) is 20.8. The first-order valence-corrected chi connectivity index (χ1v) is 11.2. The molecule has 3 aromatic rings. The van der Waals surface area contributed by atoms with Gasteiger partial charge in [0.15, 0.2) is 0 Å². The minimum Gasteiger partial charge on any atom is -0.462 e. The summed E-state index contributed by atoms with van der Waals surface area (Å²) in [5, 5.41) is 3.91. The van der Waals surface area contributed by atoms with E-state index in [0.29, 0.717) is 12.7 Å². The summed E-state index contributed by atoms with van der Waals surface area (Å²) in [5.41, 5.74) is 5.53. The van der Waals surface area contributed by atoms with Gasteiger partial charge in [0, 0.05) is 18.5 Å². The highest BCUT2D eigenvalue weighted by molar-refractivity contribution is 5.34. The van der Waals surface area contributed by atoms with Gasteiger partial charge in [0.05, 0.1) is 0 Å². The molecule has 0 radical (unpaired) electrons. The molecular weight excluding hydrogens is 382 g/mol. The maximum atomic E-state index is 5.95. The third-order valence-corrected chi connectivity index (χ3v) is 6.61. The van der Waals surface area contributed by atoms with Crippen LogP contribution in [-0.4, -0.2) is 6.79 Å². The largest absolute Gasteiger partial charge is 0.462 e. The number of hydrogen-bond donors (Lipinski definition) is 1. The lowest BCUT2D eigenvalue weighted by molar-refractivity contribution is 0.0597. The van der Waals surface area contributed by atoms with Gasteiger partial charge in [-0.3, -0.25) is 0 Å². The zero-order chi connectivity index (χ0) is 20.9. The first-order valence-electron chi connectivity index (χ1n) is 11.2. The van der Waals surface area contributed by atoms with E-state index in [1.807, 2.05) is 6.26 Å². The summed E-state index contributed by atoms with van der Waals surface area (Å²) in [5.74, 6) is 1.68. The van der Waals surface area contributed by atoms with Crippen LogP contribution in [0.4, 0.5) is 0 Å². The molecule has 1 aliphatic carbocycles. The van der Waals surface area contributed by atoms with Crippen molar-refractivity contribution in [1.82, 2.24) is 5.32 Å². The van der Waals surface area contributed by atoms with Gasteiger partial charge in [-0.05, 0) is 47.4 Å². The molecule has 2 aliphatic rings. The molecule has 1 heterocycles. The van der Waals surface area contributed by atoms with Crippen molar-refractivity contribution in [3.63, 3.8) is 0 Å². The van der Waals surface area contributed by atoms with Gasteiger partial charge in [-0.15, -0.1) is 0 Å². The van der Waals surface area contributed by atoms with Crippen molar-refractivity contribution in [2.24, 2.45) is 11.8 Å². The Morgan fingerprint density at radius 1 is 0.839 bits per heavy atom. The molecule has 0 bridgehead atoms. The van der Waals surface area contributed by atoms with Crippen LogP contribution in [0.3, 0.4) is 0 Å². The van der Waals surface area contributed by atoms with E-state index < -0.39 is 0 Å². The maximum Gasteiger partial charge on any atom is 0.229 e. The Kier molecular flexibility index (Phi) is 6.03. The predicted molar refractivity (Wildman–Crippen MR) is 123 cm³/mol. The van der Waals surface area contributed by atoms with Crippen molar-refractivity contribution in [1.29, 1.82) is 0 Å². The number of fused-ring (bicyclic) bond motifs is 1. The van der Waals surface area contributed by atoms with Gasteiger partial charge in [0.25, 0.3) is 0 Å². The molecule has 3 nitrogen and oxygen atoms in total. The Morgan fingerprint density at radius 2 is 1.55 bits per heavy atom. The smallest absolute Gasteiger partial charge is 0.229 e. The zero-order valence-corrected chi connectivity index (χ0v) is 17.7. The Labute approximate surface area is 184 Å². The van der Waals surface area contributed by atoms with Gasteiger partial charge in [-0.2, -0.15) is 0 Å². The SMILES string of the molecule is C1=C(C(Cc2ccccc2)C2CCc3ccccc3C2NCc2ccccc2)OCO1. The second-order valence-electron chi connectivity index (χ2n) is 8.49. The van der Waals surface area contributed by atoms with Crippen LogP contribution in [0.15, 0.2) is 97.0 Å². The van der Waals surface area contributed by atoms with E-state index in [-0.39, 0.29) is 12.0 Å². The summed E-state index contributed by atoms with van der Waals surface area (Å²) < 4.78 is 11.4. The summed E-state index contributed by atoms with van der Waals surface area (Å²) >= 11 is 0. The number of allylic oxidation sites excluding steroid dienone is 1. The fourth-order valence-corrected chi connectivity index (χ4v) is 5.08. The lowest BCUT2D eigenvalue weighted by Crippen LogP contribution is -2.37. The van der Waals surface area contributed by atoms with Gasteiger partial charge < -0.3 is 14.8 Å². The van der Waals surface area contributed by atoms with E-state index in [9.17, 15) is 0 Å². The first kappa shape index (κ1) is 19.9. The Hall–Kier alpha value is -3.04. The molecule has 5 rings (SSSR count). The van der Waals surface area contributed by atoms with E-state index >= 15 is 0 Å². The molecule has 1 aliphatic heterocycles. The molecule has 0 fully saturated rings. The number of aryl methyl sites for hydroxylation is 1. The predicted octanol–water partition coefficient (Wildman–Crippen LogP) is 5.78. The monoisotopic (exact) mass is 411 g/mol. The van der Waals surface area contributed by atoms with Crippen LogP contribution in [0.2, 0.25) is 0 Å². The van der Waals surface area contributed by atoms with E-state index in [1.54, 1.807) is 0 Å². The molecule has 3 heteroatoms. The fraction of sp³-hybridized carbons (Fsp3) is 0.286. The first-order chi connectivity index (χ1) is 15.4. The summed E-state index contributed by atoms with van der Waals surface area (Å²) in [7, 11) is 0. The third kappa shape index (κ3) is 4.52. The van der Waals surface area contributed by atoms with Crippen LogP contribution >= 0.6 is 0 Å². The van der Waals surface area contributed by atoms with E-state index in [1.165, 1.54) is 22.3 Å². The van der Waals surface area contributed by atoms with Crippen molar-refractivity contribution in [3.05, 3.63) is 119 Å². The summed E-state index contributed by atoms with van der Waals surface area (Å²) in [6.45, 7) is 1.18. The number of nitrogens with one attached hydrogen (secondary N) is 1. The standard InChI is InChI=1S/C28H29NO2/c1-3-9-21(10-4-1)17-26(27-19-30-20-31-27)25-16-15-23-13-7-8-14-24(23)28(25)29-18-22-11-5-2-6-12-22/h1-14,19,25-26,28-29H,15-18,20H2. The Balaban J connectivity index is 1.47. The quantitative estimate of drug-likeness (QED) is 0.534. The maximum absolute atomic E-state index is 5.95. The van der Waals surface area contributed by atoms with Crippen LogP contribution in [0, 0.1) is 11.8 Å². The highest BCUT2D eigenvalue weighted by Crippen LogP contribution is 2.43. The van der Waals surface area contributed by atoms with Crippen molar-refractivity contribution in [2.75, 3.05) is 6.79 Å². The van der Waals surface area contributed by atoms with E-state index in [2.05, 4.69) is 90.2 Å². The molecule has 0 amide bonds. The molecule has 31 heavy (non-hydrogen) atoms. The zero-order valence-electron chi connectivity index (χ0n) is 17.7. The highest BCUT2D eigenvalue weighted by atomic mass is 16.7. The van der Waals surface area contributed by atoms with Crippen molar-refractivity contribution in [3.8, 4) is 0 Å². The van der Waals surface area contributed by atoms with Gasteiger partial charge in [0.2, 0.25) is 6.79 Å². The molecule has 3 unspecified atom stereocenters. The van der Waals surface area contributed by atoms with Crippen molar-refractivity contribution in [2.45, 2.75) is 31.8 Å². The molecule has 0 saturated heterocycles. The van der Waals surface area contributed by atoms with Crippen molar-refractivity contribution >= 4 is 0 Å². The number of rotatable bonds is 7. The molecule has 3 atom stereocenters. The van der Waals surface area contributed by atoms with Crippen LogP contribution < -0.4 is 5.32 Å². The summed E-state index contributed by atoms with van der Waals surface area (Å²) in [6, 6.07) is 30.6. The van der Waals surface area contributed by atoms with E-state index in [4.69, 9.17) is 9.47 Å². The second-order valence-corrected chi connectivity index (χ2v) is 8.49. The topological polar surface area (TPSA) is 30.5 Å². The highest BCUT2D eigenvalue weighted by Gasteiger charge is 2.38. The fourth-order valence-electron chi connectivity index (χ4n) is 5.08. The van der Waals surface area contributed by atoms with Gasteiger partial charge in [0.1, 0.15) is 12.0 Å². The lowest BCUT2D eigenvalue weighted by atomic mass is 9.71. The minimum atomic E-state index is 0.268. The molecule has 1 N–H and O–H groups in total. The molecule has 158 valence electrons. The summed E-state index contributed by atoms with van der Waals surface area (Å²) in [4.78, 5) is 0. The number of hydrogen-bond acceptors (Lipinski definition) is 3. The van der Waals surface area contributed by atoms with Gasteiger partial charge >= 0.3 is 0 Å². The Bertz CT molecular complexity index is 1020. The minimum absolute atomic E-state index is 0.268. The van der Waals surface area contributed by atoms with Crippen LogP contribution in [0.5, 0.6) is 0 Å². The average molecular weight is 412 g/mol. The van der Waals surface area contributed by atoms with Gasteiger partial charge in [-0.25, -0.2) is 0 Å². The van der Waals surface area contributed by atoms with Gasteiger partial charge in [-0.1, -0.05) is 84.9 Å². The molecule has 0 saturated carbocycles. The lowest BCUT2D eigenvalue weighted by Gasteiger charge is -2.39. The second kappa shape index (κ2) is 9.40. The summed E-state index contributed by atoms with van der Waals surface area (Å²) in [6.07, 6.45) is 5.01. The van der Waals surface area contributed by atoms with Crippen LogP contribution in [-0.2, 0) is 28.9 Å². The molecular formula is C28H29NO2. The molecule has 0 spiro atoms. The van der Waals surface area contributed by atoms with Crippen LogP contribution in [0.25, 0.3) is 0 Å². The third-order valence-electron chi connectivity index (χ3n) is 6.61. The molecule has 0 aromatic heterocycles. The average Bonchev–Trinajstić information content (AvgIpc) is 3.37. The number of benzene rings is 3.